The van der Waals surface area contributed by atoms with Crippen molar-refractivity contribution in [1.29, 1.82) is 0 Å². The summed E-state index contributed by atoms with van der Waals surface area (Å²) in [6.45, 7) is 3.19. The number of hydrogen-bond donors (Lipinski definition) is 2. The largest absolute Gasteiger partial charge is 0.505 e. The van der Waals surface area contributed by atoms with Gasteiger partial charge >= 0.3 is 0 Å². The van der Waals surface area contributed by atoms with Gasteiger partial charge in [-0.3, -0.25) is 4.79 Å². The van der Waals surface area contributed by atoms with Gasteiger partial charge in [0, 0.05) is 52.1 Å². The average Bonchev–Trinajstić information content (AvgIpc) is 3.63. The highest BCUT2D eigenvalue weighted by Gasteiger charge is 2.30. The number of piperidine rings is 1. The minimum atomic E-state index is -1.12. The van der Waals surface area contributed by atoms with Crippen molar-refractivity contribution >= 4 is 27.8 Å². The van der Waals surface area contributed by atoms with Gasteiger partial charge in [-0.2, -0.15) is 0 Å². The molecule has 0 unspecified atom stereocenters. The molecule has 0 spiro atoms. The first-order valence-electron chi connectivity index (χ1n) is 14.1. The fourth-order valence-electron chi connectivity index (χ4n) is 6.13. The molecule has 41 heavy (non-hydrogen) atoms. The monoisotopic (exact) mass is 555 g/mol. The summed E-state index contributed by atoms with van der Waals surface area (Å²) in [5.41, 5.74) is 10.9. The first-order chi connectivity index (χ1) is 19.8. The fourth-order valence-corrected chi connectivity index (χ4v) is 6.13. The van der Waals surface area contributed by atoms with Crippen LogP contribution in [0.2, 0.25) is 0 Å². The van der Waals surface area contributed by atoms with Crippen LogP contribution in [0.25, 0.3) is 44.5 Å². The third-order valence-corrected chi connectivity index (χ3v) is 8.47. The maximum absolute atomic E-state index is 14.8. The lowest BCUT2D eigenvalue weighted by atomic mass is 10.0. The zero-order chi connectivity index (χ0) is 28.4. The molecule has 3 heterocycles. The number of rotatable bonds is 5. The number of carbonyl (C=O) groups is 1. The molecule has 1 saturated heterocycles. The lowest BCUT2D eigenvalue weighted by Gasteiger charge is -2.33. The van der Waals surface area contributed by atoms with Gasteiger partial charge < -0.3 is 24.7 Å². The summed E-state index contributed by atoms with van der Waals surface area (Å²) in [4.78, 5) is 14.7. The van der Waals surface area contributed by atoms with Crippen LogP contribution in [0.5, 0.6) is 5.75 Å². The number of nitrogens with zero attached hydrogens (tertiary/aromatic N) is 2. The summed E-state index contributed by atoms with van der Waals surface area (Å²) in [6.07, 6.45) is 1.46. The van der Waals surface area contributed by atoms with Crippen molar-refractivity contribution in [3.63, 3.8) is 0 Å². The Labute approximate surface area is 236 Å². The maximum atomic E-state index is 14.8. The number of phenols is 1. The van der Waals surface area contributed by atoms with E-state index in [2.05, 4.69) is 10.6 Å². The van der Waals surface area contributed by atoms with Crippen LogP contribution in [0.3, 0.4) is 0 Å². The van der Waals surface area contributed by atoms with E-state index < -0.39 is 12.0 Å². The second-order valence-electron chi connectivity index (χ2n) is 11.6. The molecule has 210 valence electrons. The van der Waals surface area contributed by atoms with Gasteiger partial charge in [-0.1, -0.05) is 30.3 Å². The number of benzene rings is 3. The minimum Gasteiger partial charge on any atom is -0.505 e. The highest BCUT2D eigenvalue weighted by Crippen LogP contribution is 2.41. The quantitative estimate of drug-likeness (QED) is 0.250. The Hall–Kier alpha value is -4.17. The summed E-state index contributed by atoms with van der Waals surface area (Å²) in [6, 6.07) is 17.5. The highest BCUT2D eigenvalue weighted by atomic mass is 19.1. The van der Waals surface area contributed by atoms with Gasteiger partial charge in [0.05, 0.1) is 12.2 Å². The molecule has 5 aromatic rings. The second kappa shape index (κ2) is 9.73. The minimum absolute atomic E-state index is 0.0444. The molecule has 2 aromatic heterocycles. The molecule has 2 atom stereocenters. The molecule has 3 N–H and O–H groups in total. The zero-order valence-electron chi connectivity index (χ0n) is 22.7. The third kappa shape index (κ3) is 4.56. The predicted molar refractivity (Wildman–Crippen MR) is 155 cm³/mol. The number of aryl methyl sites for hydroxylation is 1. The Morgan fingerprint density at radius 1 is 1.10 bits per heavy atom. The molecular formula is C33H31F2N3O3. The van der Waals surface area contributed by atoms with Crippen molar-refractivity contribution in [1.82, 2.24) is 9.47 Å². The van der Waals surface area contributed by atoms with E-state index in [4.69, 9.17) is 10.2 Å². The van der Waals surface area contributed by atoms with Crippen molar-refractivity contribution in [2.45, 2.75) is 44.9 Å². The summed E-state index contributed by atoms with van der Waals surface area (Å²) >= 11 is 0. The number of nitrogens with two attached hydrogens (primary N) is 1. The van der Waals surface area contributed by atoms with Gasteiger partial charge in [-0.15, -0.1) is 0 Å². The van der Waals surface area contributed by atoms with Gasteiger partial charge in [-0.25, -0.2) is 8.78 Å². The summed E-state index contributed by atoms with van der Waals surface area (Å²) in [5.74, 6) is 0.0133. The molecule has 1 saturated carbocycles. The number of likely N-dealkylation sites (tertiary alicyclic amines) is 1. The Morgan fingerprint density at radius 2 is 1.93 bits per heavy atom. The standard InChI is InChI=1S/C33H31F2N3O3/c1-18-25-10-9-22(33(40)37-16-23(34)14-24(36)17-37)13-30(25)41-32(18)28-12-21-8-7-20(26-3-2-4-29(39)31(26)35)11-27(21)38(28)15-19-5-6-19/h2-4,7-13,19,23-24,39H,5-6,14-17,36H2,1H3/t23-,24-/m1/s1. The van der Waals surface area contributed by atoms with E-state index in [9.17, 15) is 18.7 Å². The molecule has 2 aliphatic rings. The lowest BCUT2D eigenvalue weighted by molar-refractivity contribution is 0.0607. The van der Waals surface area contributed by atoms with Crippen molar-refractivity contribution in [3.05, 3.63) is 77.6 Å². The van der Waals surface area contributed by atoms with E-state index in [1.807, 2.05) is 31.2 Å². The van der Waals surface area contributed by atoms with E-state index in [1.165, 1.54) is 11.0 Å². The normalized spacial score (nSPS) is 19.4. The van der Waals surface area contributed by atoms with E-state index in [-0.39, 0.29) is 30.7 Å². The number of alkyl halides is 1. The Bertz CT molecular complexity index is 1810. The van der Waals surface area contributed by atoms with Crippen molar-refractivity contribution in [2.24, 2.45) is 11.7 Å². The first-order valence-corrected chi connectivity index (χ1v) is 14.1. The van der Waals surface area contributed by atoms with E-state index in [0.717, 1.165) is 52.7 Å². The van der Waals surface area contributed by atoms with Crippen LogP contribution in [0.1, 0.15) is 35.2 Å². The van der Waals surface area contributed by atoms with Crippen LogP contribution < -0.4 is 5.73 Å². The topological polar surface area (TPSA) is 84.6 Å². The van der Waals surface area contributed by atoms with Crippen molar-refractivity contribution in [3.8, 4) is 28.3 Å². The molecule has 2 fully saturated rings. The Morgan fingerprint density at radius 3 is 2.71 bits per heavy atom. The number of hydrogen-bond acceptors (Lipinski definition) is 4. The van der Waals surface area contributed by atoms with Gasteiger partial charge in [-0.05, 0) is 68.0 Å². The van der Waals surface area contributed by atoms with Gasteiger partial charge in [0.1, 0.15) is 11.8 Å². The molecule has 0 radical (unpaired) electrons. The van der Waals surface area contributed by atoms with E-state index >= 15 is 0 Å². The van der Waals surface area contributed by atoms with Gasteiger partial charge in [0.15, 0.2) is 17.3 Å². The maximum Gasteiger partial charge on any atom is 0.254 e. The van der Waals surface area contributed by atoms with Crippen molar-refractivity contribution in [2.75, 3.05) is 13.1 Å². The zero-order valence-corrected chi connectivity index (χ0v) is 22.7. The molecule has 3 aromatic carbocycles. The summed E-state index contributed by atoms with van der Waals surface area (Å²) in [7, 11) is 0. The number of aromatic hydroxyl groups is 1. The van der Waals surface area contributed by atoms with Gasteiger partial charge in [0.25, 0.3) is 5.91 Å². The SMILES string of the molecule is Cc1c(-c2cc3ccc(-c4cccc(O)c4F)cc3n2CC2CC2)oc2cc(C(=O)N3C[C@H](N)C[C@@H](F)C3)ccc12. The Balaban J connectivity index is 1.31. The summed E-state index contributed by atoms with van der Waals surface area (Å²) in [5, 5.41) is 11.8. The van der Waals surface area contributed by atoms with Crippen LogP contribution in [0, 0.1) is 18.7 Å². The molecule has 8 heteroatoms. The molecule has 6 nitrogen and oxygen atoms in total. The molecule has 0 bridgehead atoms. The summed E-state index contributed by atoms with van der Waals surface area (Å²) < 4.78 is 37.6. The number of halogens is 2. The number of carbonyl (C=O) groups excluding carboxylic acids is 1. The molecule has 1 amide bonds. The molecule has 7 rings (SSSR count). The predicted octanol–water partition coefficient (Wildman–Crippen LogP) is 6.80. The molecular weight excluding hydrogens is 524 g/mol. The smallest absolute Gasteiger partial charge is 0.254 e. The van der Waals surface area contributed by atoms with Crippen LogP contribution in [-0.4, -0.2) is 45.8 Å². The number of aromatic nitrogens is 1. The van der Waals surface area contributed by atoms with E-state index in [1.54, 1.807) is 24.3 Å². The van der Waals surface area contributed by atoms with Crippen LogP contribution in [-0.2, 0) is 6.54 Å². The average molecular weight is 556 g/mol. The number of phenolic OH excluding ortho intramolecular Hbond substituents is 1. The highest BCUT2D eigenvalue weighted by molar-refractivity contribution is 6.00. The van der Waals surface area contributed by atoms with E-state index in [0.29, 0.717) is 34.7 Å². The van der Waals surface area contributed by atoms with Crippen LogP contribution >= 0.6 is 0 Å². The van der Waals surface area contributed by atoms with Crippen LogP contribution in [0.4, 0.5) is 8.78 Å². The molecule has 1 aliphatic carbocycles. The number of furan rings is 1. The number of fused-ring (bicyclic) bond motifs is 2. The lowest BCUT2D eigenvalue weighted by Crippen LogP contribution is -2.50. The number of amides is 1. The third-order valence-electron chi connectivity index (χ3n) is 8.47. The van der Waals surface area contributed by atoms with Crippen molar-refractivity contribution < 1.29 is 23.1 Å². The fraction of sp³-hybridized carbons (Fsp3) is 0.303. The molecule has 1 aliphatic heterocycles. The second-order valence-corrected chi connectivity index (χ2v) is 11.6. The first kappa shape index (κ1) is 25.8. The Kier molecular flexibility index (Phi) is 6.12. The van der Waals surface area contributed by atoms with Crippen LogP contribution in [0.15, 0.2) is 65.1 Å². The van der Waals surface area contributed by atoms with Gasteiger partial charge in [0.2, 0.25) is 0 Å².